The molecule has 1 amide bonds. The highest BCUT2D eigenvalue weighted by atomic mass is 16.1. The number of aromatic nitrogens is 1. The first-order valence-corrected chi connectivity index (χ1v) is 9.61. The Bertz CT molecular complexity index is 562. The van der Waals surface area contributed by atoms with Crippen LogP contribution in [0.15, 0.2) is 29.5 Å². The molecule has 1 fully saturated rings. The Kier molecular flexibility index (Phi) is 8.89. The van der Waals surface area contributed by atoms with Gasteiger partial charge in [-0.2, -0.15) is 0 Å². The van der Waals surface area contributed by atoms with Gasteiger partial charge in [0.2, 0.25) is 0 Å². The van der Waals surface area contributed by atoms with Gasteiger partial charge >= 0.3 is 0 Å². The number of likely N-dealkylation sites (tertiary alicyclic amines) is 1. The first kappa shape index (κ1) is 20.2. The molecule has 0 saturated carbocycles. The number of pyridine rings is 1. The van der Waals surface area contributed by atoms with Crippen molar-refractivity contribution in [1.29, 1.82) is 0 Å². The monoisotopic (exact) mass is 360 g/mol. The molecule has 7 nitrogen and oxygen atoms in total. The van der Waals surface area contributed by atoms with Crippen molar-refractivity contribution >= 4 is 11.9 Å². The van der Waals surface area contributed by atoms with Crippen molar-refractivity contribution < 1.29 is 4.79 Å². The van der Waals surface area contributed by atoms with Crippen LogP contribution in [0.2, 0.25) is 0 Å². The largest absolute Gasteiger partial charge is 0.355 e. The van der Waals surface area contributed by atoms with Crippen molar-refractivity contribution in [3.05, 3.63) is 30.1 Å². The van der Waals surface area contributed by atoms with Crippen LogP contribution < -0.4 is 16.0 Å². The van der Waals surface area contributed by atoms with E-state index < -0.39 is 0 Å². The number of nitrogens with one attached hydrogen (secondary N) is 3. The maximum absolute atomic E-state index is 11.9. The van der Waals surface area contributed by atoms with E-state index in [1.807, 2.05) is 0 Å². The lowest BCUT2D eigenvalue weighted by Gasteiger charge is -2.35. The zero-order valence-corrected chi connectivity index (χ0v) is 16.0. The van der Waals surface area contributed by atoms with E-state index in [4.69, 9.17) is 0 Å². The summed E-state index contributed by atoms with van der Waals surface area (Å²) >= 11 is 0. The molecule has 0 aliphatic carbocycles. The molecule has 0 bridgehead atoms. The summed E-state index contributed by atoms with van der Waals surface area (Å²) in [6.07, 6.45) is 8.42. The number of hydrogen-bond acceptors (Lipinski definition) is 4. The van der Waals surface area contributed by atoms with Gasteiger partial charge in [-0.05, 0) is 37.9 Å². The molecule has 2 rings (SSSR count). The van der Waals surface area contributed by atoms with Crippen molar-refractivity contribution in [3.63, 3.8) is 0 Å². The van der Waals surface area contributed by atoms with Crippen LogP contribution in [-0.4, -0.2) is 67.6 Å². The van der Waals surface area contributed by atoms with E-state index in [0.29, 0.717) is 18.7 Å². The number of piperidine rings is 1. The second-order valence-corrected chi connectivity index (χ2v) is 6.52. The second-order valence-electron chi connectivity index (χ2n) is 6.52. The lowest BCUT2D eigenvalue weighted by atomic mass is 10.0. The van der Waals surface area contributed by atoms with Crippen molar-refractivity contribution in [2.45, 2.75) is 38.6 Å². The number of rotatable bonds is 8. The number of carbonyl (C=O) groups is 1. The molecule has 7 heteroatoms. The van der Waals surface area contributed by atoms with Crippen LogP contribution in [0.1, 0.15) is 43.0 Å². The molecular formula is C19H32N6O. The molecule has 1 aliphatic rings. The second kappa shape index (κ2) is 11.5. The molecule has 1 aromatic rings. The Morgan fingerprint density at radius 1 is 1.27 bits per heavy atom. The topological polar surface area (TPSA) is 81.6 Å². The van der Waals surface area contributed by atoms with Crippen LogP contribution in [0.4, 0.5) is 0 Å². The van der Waals surface area contributed by atoms with E-state index in [1.54, 1.807) is 31.6 Å². The fraction of sp³-hybridized carbons (Fsp3) is 0.632. The zero-order chi connectivity index (χ0) is 18.6. The smallest absolute Gasteiger partial charge is 0.252 e. The molecule has 3 N–H and O–H groups in total. The van der Waals surface area contributed by atoms with Crippen LogP contribution in [0.5, 0.6) is 0 Å². The Balaban J connectivity index is 1.61. The van der Waals surface area contributed by atoms with Gasteiger partial charge in [-0.3, -0.25) is 19.7 Å². The molecule has 0 aromatic carbocycles. The van der Waals surface area contributed by atoms with Crippen LogP contribution in [0.3, 0.4) is 0 Å². The fourth-order valence-corrected chi connectivity index (χ4v) is 3.31. The van der Waals surface area contributed by atoms with E-state index in [2.05, 4.69) is 37.8 Å². The minimum Gasteiger partial charge on any atom is -0.355 e. The van der Waals surface area contributed by atoms with E-state index in [-0.39, 0.29) is 5.91 Å². The number of amides is 1. The third kappa shape index (κ3) is 6.63. The van der Waals surface area contributed by atoms with E-state index in [9.17, 15) is 4.79 Å². The highest BCUT2D eigenvalue weighted by molar-refractivity contribution is 5.93. The third-order valence-corrected chi connectivity index (χ3v) is 4.76. The van der Waals surface area contributed by atoms with Crippen molar-refractivity contribution in [3.8, 4) is 0 Å². The molecule has 1 aliphatic heterocycles. The highest BCUT2D eigenvalue weighted by Gasteiger charge is 2.19. The molecular weight excluding hydrogens is 328 g/mol. The summed E-state index contributed by atoms with van der Waals surface area (Å²) in [5.41, 5.74) is 0.571. The average molecular weight is 361 g/mol. The summed E-state index contributed by atoms with van der Waals surface area (Å²) < 4.78 is 0. The van der Waals surface area contributed by atoms with Gasteiger partial charge in [-0.1, -0.05) is 13.3 Å². The van der Waals surface area contributed by atoms with Crippen LogP contribution in [0, 0.1) is 0 Å². The minimum atomic E-state index is -0.112. The van der Waals surface area contributed by atoms with Gasteiger partial charge in [-0.25, -0.2) is 0 Å². The minimum absolute atomic E-state index is 0.112. The number of carbonyl (C=O) groups excluding carboxylic acids is 1. The van der Waals surface area contributed by atoms with E-state index in [0.717, 1.165) is 25.1 Å². The molecule has 1 aromatic heterocycles. The summed E-state index contributed by atoms with van der Waals surface area (Å²) in [6.45, 7) is 6.53. The maximum atomic E-state index is 11.9. The normalized spacial score (nSPS) is 18.4. The van der Waals surface area contributed by atoms with Gasteiger partial charge in [0.1, 0.15) is 0 Å². The molecule has 2 heterocycles. The summed E-state index contributed by atoms with van der Waals surface area (Å²) in [4.78, 5) is 22.7. The van der Waals surface area contributed by atoms with Gasteiger partial charge in [0.25, 0.3) is 5.91 Å². The molecule has 1 atom stereocenters. The predicted molar refractivity (Wildman–Crippen MR) is 105 cm³/mol. The van der Waals surface area contributed by atoms with E-state index in [1.165, 1.54) is 32.2 Å². The first-order chi connectivity index (χ1) is 12.7. The SMILES string of the molecule is CCC1CCCCN1CCNC(=NC)NCCNC(=O)c1cccnc1. The van der Waals surface area contributed by atoms with Crippen molar-refractivity contribution in [1.82, 2.24) is 25.8 Å². The highest BCUT2D eigenvalue weighted by Crippen LogP contribution is 2.18. The number of guanidine groups is 1. The fourth-order valence-electron chi connectivity index (χ4n) is 3.31. The van der Waals surface area contributed by atoms with Crippen LogP contribution >= 0.6 is 0 Å². The molecule has 1 saturated heterocycles. The predicted octanol–water partition coefficient (Wildman–Crippen LogP) is 1.24. The molecule has 144 valence electrons. The quantitative estimate of drug-likeness (QED) is 0.369. The lowest BCUT2D eigenvalue weighted by Crippen LogP contribution is -2.46. The van der Waals surface area contributed by atoms with Crippen molar-refractivity contribution in [2.75, 3.05) is 39.8 Å². The Hall–Kier alpha value is -2.15. The molecule has 0 radical (unpaired) electrons. The summed E-state index contributed by atoms with van der Waals surface area (Å²) in [5, 5.41) is 9.45. The Morgan fingerprint density at radius 2 is 2.08 bits per heavy atom. The van der Waals surface area contributed by atoms with E-state index >= 15 is 0 Å². The number of aliphatic imine (C=N–C) groups is 1. The standard InChI is InChI=1S/C19H32N6O/c1-3-17-8-4-5-13-25(17)14-12-24-19(20-2)23-11-10-22-18(26)16-7-6-9-21-15-16/h6-7,9,15,17H,3-5,8,10-14H2,1-2H3,(H,22,26)(H2,20,23,24). The average Bonchev–Trinajstić information content (AvgIpc) is 2.70. The number of nitrogens with zero attached hydrogens (tertiary/aromatic N) is 3. The van der Waals surface area contributed by atoms with Crippen LogP contribution in [-0.2, 0) is 0 Å². The Labute approximate surface area is 156 Å². The van der Waals surface area contributed by atoms with Gasteiger partial charge < -0.3 is 16.0 Å². The molecule has 0 spiro atoms. The van der Waals surface area contributed by atoms with Crippen molar-refractivity contribution in [2.24, 2.45) is 4.99 Å². The van der Waals surface area contributed by atoms with Gasteiger partial charge in [0, 0.05) is 51.7 Å². The lowest BCUT2D eigenvalue weighted by molar-refractivity contribution is 0.0954. The summed E-state index contributed by atoms with van der Waals surface area (Å²) in [5.74, 6) is 0.657. The van der Waals surface area contributed by atoms with Crippen LogP contribution in [0.25, 0.3) is 0 Å². The zero-order valence-electron chi connectivity index (χ0n) is 16.0. The van der Waals surface area contributed by atoms with Gasteiger partial charge in [-0.15, -0.1) is 0 Å². The van der Waals surface area contributed by atoms with Gasteiger partial charge in [0.05, 0.1) is 5.56 Å². The third-order valence-electron chi connectivity index (χ3n) is 4.76. The first-order valence-electron chi connectivity index (χ1n) is 9.61. The molecule has 1 unspecified atom stereocenters. The Morgan fingerprint density at radius 3 is 2.81 bits per heavy atom. The number of hydrogen-bond donors (Lipinski definition) is 3. The van der Waals surface area contributed by atoms with Gasteiger partial charge in [0.15, 0.2) is 5.96 Å². The maximum Gasteiger partial charge on any atom is 0.252 e. The summed E-state index contributed by atoms with van der Waals surface area (Å²) in [7, 11) is 1.76. The summed E-state index contributed by atoms with van der Waals surface area (Å²) in [6, 6.07) is 4.23. The molecule has 26 heavy (non-hydrogen) atoms.